The minimum absolute atomic E-state index is 0. The number of amides is 1. The summed E-state index contributed by atoms with van der Waals surface area (Å²) >= 11 is 0. The molecule has 87 valence electrons. The second-order valence-electron chi connectivity index (χ2n) is 5.01. The molecule has 2 nitrogen and oxygen atoms in total. The van der Waals surface area contributed by atoms with Crippen LogP contribution in [0.25, 0.3) is 5.32 Å². The first kappa shape index (κ1) is 17.0. The van der Waals surface area contributed by atoms with Crippen molar-refractivity contribution in [3.63, 3.8) is 0 Å². The van der Waals surface area contributed by atoms with Gasteiger partial charge in [0.25, 0.3) is 0 Å². The van der Waals surface area contributed by atoms with Crippen molar-refractivity contribution in [2.45, 2.75) is 39.2 Å². The first-order valence-electron chi connectivity index (χ1n) is 5.41. The maximum Gasteiger partial charge on any atom is 0.0506 e. The Hall–Kier alpha value is 1.00. The number of rotatable bonds is 0. The average Bonchev–Trinajstić information content (AvgIpc) is 2.07. The van der Waals surface area contributed by atoms with Gasteiger partial charge in [-0.15, -0.1) is 0 Å². The molecule has 1 radical (unpaired) electrons. The molecule has 0 N–H and O–H groups in total. The Labute approximate surface area is 138 Å². The third-order valence-corrected chi connectivity index (χ3v) is 4.37. The molecule has 4 atom stereocenters. The van der Waals surface area contributed by atoms with Gasteiger partial charge in [0.2, 0.25) is 0 Å². The van der Waals surface area contributed by atoms with Crippen LogP contribution >= 0.6 is 0 Å². The SMILES string of the molecule is C=C1CC(C)C2(CC(=O)[N-]2)[C@H](C)[C@@H]1C.[W].[Y]. The summed E-state index contributed by atoms with van der Waals surface area (Å²) in [5.74, 6) is 1.54. The van der Waals surface area contributed by atoms with Gasteiger partial charge in [-0.25, -0.2) is 0 Å². The molecule has 1 heterocycles. The number of hydrogen-bond donors (Lipinski definition) is 0. The maximum absolute atomic E-state index is 11.1. The molecule has 0 aromatic heterocycles. The summed E-state index contributed by atoms with van der Waals surface area (Å²) in [6.45, 7) is 10.7. The third kappa shape index (κ3) is 2.40. The summed E-state index contributed by atoms with van der Waals surface area (Å²) in [6, 6.07) is 0. The quantitative estimate of drug-likeness (QED) is 0.400. The van der Waals surface area contributed by atoms with Crippen molar-refractivity contribution >= 4 is 5.91 Å². The molecule has 1 aliphatic heterocycles. The molecule has 16 heavy (non-hydrogen) atoms. The molecule has 0 bridgehead atoms. The first-order chi connectivity index (χ1) is 6.47. The molecule has 1 aliphatic carbocycles. The summed E-state index contributed by atoms with van der Waals surface area (Å²) < 4.78 is 0. The molecule has 2 rings (SSSR count). The molecule has 0 aromatic carbocycles. The van der Waals surface area contributed by atoms with Crippen LogP contribution in [0.4, 0.5) is 0 Å². The first-order valence-corrected chi connectivity index (χ1v) is 5.41. The van der Waals surface area contributed by atoms with E-state index in [2.05, 4.69) is 32.7 Å². The number of carbonyl (C=O) groups excluding carboxylic acids is 1. The van der Waals surface area contributed by atoms with Gasteiger partial charge in [-0.05, 0) is 24.7 Å². The smallest absolute Gasteiger partial charge is 0.0506 e. The van der Waals surface area contributed by atoms with Crippen molar-refractivity contribution < 1.29 is 58.6 Å². The summed E-state index contributed by atoms with van der Waals surface area (Å²) in [4.78, 5) is 11.1. The van der Waals surface area contributed by atoms with Crippen molar-refractivity contribution in [3.05, 3.63) is 17.5 Å². The molecule has 1 saturated heterocycles. The number of allylic oxidation sites excluding steroid dienone is 1. The largest absolute Gasteiger partial charge is 0.647 e. The molecule has 0 aromatic rings. The van der Waals surface area contributed by atoms with Crippen molar-refractivity contribution in [1.29, 1.82) is 0 Å². The van der Waals surface area contributed by atoms with Crippen LogP contribution < -0.4 is 0 Å². The van der Waals surface area contributed by atoms with Crippen LogP contribution in [0.15, 0.2) is 12.2 Å². The van der Waals surface area contributed by atoms with Crippen LogP contribution in [-0.2, 0) is 58.6 Å². The summed E-state index contributed by atoms with van der Waals surface area (Å²) in [6.07, 6.45) is 1.69. The van der Waals surface area contributed by atoms with Gasteiger partial charge >= 0.3 is 0 Å². The Morgan fingerprint density at radius 3 is 2.31 bits per heavy atom. The molecule has 1 spiro atoms. The van der Waals surface area contributed by atoms with E-state index in [1.54, 1.807) is 0 Å². The van der Waals surface area contributed by atoms with Gasteiger partial charge in [-0.1, -0.05) is 44.4 Å². The Morgan fingerprint density at radius 2 is 1.88 bits per heavy atom. The van der Waals surface area contributed by atoms with Gasteiger partial charge in [-0.2, -0.15) is 0 Å². The molecule has 2 aliphatic rings. The van der Waals surface area contributed by atoms with Gasteiger partial charge in [0.15, 0.2) is 0 Å². The van der Waals surface area contributed by atoms with Crippen LogP contribution in [0.2, 0.25) is 0 Å². The number of β-lactam (4-membered cyclic amide) rings is 1. The fraction of sp³-hybridized carbons (Fsp3) is 0.750. The van der Waals surface area contributed by atoms with E-state index in [1.807, 2.05) is 0 Å². The predicted molar refractivity (Wildman–Crippen MR) is 57.0 cm³/mol. The van der Waals surface area contributed by atoms with Gasteiger partial charge < -0.3 is 10.1 Å². The van der Waals surface area contributed by atoms with Crippen LogP contribution in [0.1, 0.15) is 33.6 Å². The van der Waals surface area contributed by atoms with Gasteiger partial charge in [0, 0.05) is 53.8 Å². The molecule has 4 heteroatoms. The molecular formula is C12H18NOWY-. The van der Waals surface area contributed by atoms with E-state index in [4.69, 9.17) is 0 Å². The van der Waals surface area contributed by atoms with Crippen molar-refractivity contribution in [3.8, 4) is 0 Å². The Bertz CT molecular complexity index is 297. The van der Waals surface area contributed by atoms with E-state index in [1.165, 1.54) is 5.57 Å². The molecule has 1 saturated carbocycles. The number of carbonyl (C=O) groups is 1. The van der Waals surface area contributed by atoms with E-state index < -0.39 is 0 Å². The van der Waals surface area contributed by atoms with E-state index in [0.717, 1.165) is 6.42 Å². The summed E-state index contributed by atoms with van der Waals surface area (Å²) in [7, 11) is 0. The fourth-order valence-corrected chi connectivity index (χ4v) is 3.00. The molecule has 1 amide bonds. The molecular weight excluding hydrogens is 447 g/mol. The second-order valence-corrected chi connectivity index (χ2v) is 5.01. The fourth-order valence-electron chi connectivity index (χ4n) is 3.00. The zero-order valence-corrected chi connectivity index (χ0v) is 16.0. The number of nitrogens with zero attached hydrogens (tertiary/aromatic N) is 1. The zero-order chi connectivity index (χ0) is 10.5. The Kier molecular flexibility index (Phi) is 6.12. The van der Waals surface area contributed by atoms with E-state index in [0.29, 0.717) is 24.2 Å². The Morgan fingerprint density at radius 1 is 1.38 bits per heavy atom. The van der Waals surface area contributed by atoms with Crippen molar-refractivity contribution in [2.75, 3.05) is 0 Å². The minimum atomic E-state index is -0.0440. The van der Waals surface area contributed by atoms with Crippen molar-refractivity contribution in [1.82, 2.24) is 0 Å². The van der Waals surface area contributed by atoms with Crippen LogP contribution in [-0.4, -0.2) is 11.4 Å². The average molecular weight is 465 g/mol. The Balaban J connectivity index is 0.00000112. The van der Waals surface area contributed by atoms with Crippen LogP contribution in [0.5, 0.6) is 0 Å². The zero-order valence-electron chi connectivity index (χ0n) is 10.2. The predicted octanol–water partition coefficient (Wildman–Crippen LogP) is 2.89. The van der Waals surface area contributed by atoms with Gasteiger partial charge in [0.1, 0.15) is 0 Å². The summed E-state index contributed by atoms with van der Waals surface area (Å²) in [5, 5.41) is 4.28. The minimum Gasteiger partial charge on any atom is -0.647 e. The summed E-state index contributed by atoms with van der Waals surface area (Å²) in [5.41, 5.74) is 1.28. The normalized spacial score (nSPS) is 41.6. The topological polar surface area (TPSA) is 31.2 Å². The van der Waals surface area contributed by atoms with Gasteiger partial charge in [-0.3, -0.25) is 0 Å². The van der Waals surface area contributed by atoms with Crippen LogP contribution in [0.3, 0.4) is 0 Å². The van der Waals surface area contributed by atoms with Crippen molar-refractivity contribution in [2.24, 2.45) is 17.8 Å². The standard InChI is InChI=1S/C12H19NO.W.Y/c1-7-5-8(2)12(6-11(14)13-12)10(4)9(7)3;;/h8-10H,1,5-6H2,2-4H3,(H,13,14);;/p-1/t8?,9-,10-,12?;;/m1../s1. The molecule has 2 fully saturated rings. The maximum atomic E-state index is 11.1. The monoisotopic (exact) mass is 465 g/mol. The van der Waals surface area contributed by atoms with E-state index in [9.17, 15) is 4.79 Å². The third-order valence-electron chi connectivity index (χ3n) is 4.37. The second kappa shape index (κ2) is 5.76. The van der Waals surface area contributed by atoms with E-state index in [-0.39, 0.29) is 65.2 Å². The number of hydrogen-bond acceptors (Lipinski definition) is 1. The van der Waals surface area contributed by atoms with Gasteiger partial charge in [0.05, 0.1) is 5.91 Å². The molecule has 2 unspecified atom stereocenters. The van der Waals surface area contributed by atoms with Crippen LogP contribution in [0, 0.1) is 17.8 Å². The van der Waals surface area contributed by atoms with E-state index >= 15 is 0 Å².